The number of hydrogen-bond donors (Lipinski definition) is 0. The molecule has 0 N–H and O–H groups in total. The van der Waals surface area contributed by atoms with Gasteiger partial charge in [0, 0.05) is 19.9 Å². The molecule has 1 aliphatic carbocycles. The van der Waals surface area contributed by atoms with Crippen LogP contribution in [0, 0.1) is 0 Å². The van der Waals surface area contributed by atoms with Crippen molar-refractivity contribution in [1.29, 1.82) is 0 Å². The quantitative estimate of drug-likeness (QED) is 0.0541. The van der Waals surface area contributed by atoms with Gasteiger partial charge in [-0.1, -0.05) is 175 Å². The molecular weight excluding hydrogens is 621 g/mol. The van der Waals surface area contributed by atoms with Gasteiger partial charge in [0.05, 0.1) is 0 Å². The van der Waals surface area contributed by atoms with E-state index in [0.29, 0.717) is 12.1 Å². The summed E-state index contributed by atoms with van der Waals surface area (Å²) in [5.41, 5.74) is 17.0. The fraction of sp³-hybridized carbons (Fsp3) is 0.333. The number of ether oxygens (including phenoxy) is 1. The molecule has 0 bridgehead atoms. The molecule has 0 aliphatic heterocycles. The summed E-state index contributed by atoms with van der Waals surface area (Å²) < 4.78 is 6.83. The molecule has 0 heterocycles. The van der Waals surface area contributed by atoms with Crippen molar-refractivity contribution in [2.24, 2.45) is 0 Å². The van der Waals surface area contributed by atoms with Crippen LogP contribution in [0.2, 0.25) is 12.1 Å². The van der Waals surface area contributed by atoms with E-state index in [-0.39, 0.29) is 0 Å². The predicted molar refractivity (Wildman–Crippen MR) is 220 cm³/mol. The van der Waals surface area contributed by atoms with Gasteiger partial charge < -0.3 is 4.74 Å². The van der Waals surface area contributed by atoms with Crippen LogP contribution >= 0.6 is 0 Å². The average Bonchev–Trinajstić information content (AvgIpc) is 3.49. The van der Waals surface area contributed by atoms with Crippen molar-refractivity contribution in [3.8, 4) is 50.3 Å². The third-order valence-electron chi connectivity index (χ3n) is 10.9. The van der Waals surface area contributed by atoms with Crippen LogP contribution in [0.4, 0.5) is 0 Å². The zero-order chi connectivity index (χ0) is 34.9. The van der Waals surface area contributed by atoms with E-state index in [9.17, 15) is 0 Å². The number of benzene rings is 5. The summed E-state index contributed by atoms with van der Waals surface area (Å²) in [6.45, 7) is 14.1. The molecule has 1 atom stereocenters. The Bertz CT molecular complexity index is 1870. The van der Waals surface area contributed by atoms with Crippen LogP contribution in [-0.4, -0.2) is 15.4 Å². The highest BCUT2D eigenvalue weighted by atomic mass is 28.3. The Morgan fingerprint density at radius 3 is 1.92 bits per heavy atom. The van der Waals surface area contributed by atoms with E-state index < -0.39 is 8.80 Å². The topological polar surface area (TPSA) is 9.23 Å². The van der Waals surface area contributed by atoms with Gasteiger partial charge >= 0.3 is 0 Å². The van der Waals surface area contributed by atoms with Gasteiger partial charge in [0.25, 0.3) is 0 Å². The van der Waals surface area contributed by atoms with Crippen molar-refractivity contribution in [1.82, 2.24) is 0 Å². The number of unbranched alkanes of at least 4 members (excludes halogenated alkanes) is 4. The Balaban J connectivity index is 1.68. The van der Waals surface area contributed by atoms with Gasteiger partial charge in [-0.25, -0.2) is 0 Å². The Labute approximate surface area is 304 Å². The monoisotopic (exact) mass is 676 g/mol. The molecule has 258 valence electrons. The van der Waals surface area contributed by atoms with Crippen molar-refractivity contribution in [2.45, 2.75) is 96.7 Å². The molecule has 1 aliphatic rings. The first-order valence-electron chi connectivity index (χ1n) is 19.4. The van der Waals surface area contributed by atoms with Crippen LogP contribution in [0.3, 0.4) is 0 Å². The average molecular weight is 677 g/mol. The van der Waals surface area contributed by atoms with Gasteiger partial charge in [0.15, 0.2) is 0 Å². The van der Waals surface area contributed by atoms with Gasteiger partial charge in [-0.2, -0.15) is 0 Å². The largest absolute Gasteiger partial charge is 0.489 e. The van der Waals surface area contributed by atoms with E-state index in [2.05, 4.69) is 137 Å². The van der Waals surface area contributed by atoms with Gasteiger partial charge in [0.1, 0.15) is 12.4 Å². The summed E-state index contributed by atoms with van der Waals surface area (Å²) >= 11 is 0. The Hall–Kier alpha value is -4.14. The molecule has 5 aromatic carbocycles. The van der Waals surface area contributed by atoms with Crippen molar-refractivity contribution < 1.29 is 4.74 Å². The maximum Gasteiger partial charge on any atom is 0.130 e. The molecule has 6 rings (SSSR count). The summed E-state index contributed by atoms with van der Waals surface area (Å²) in [5.74, 6) is 1.07. The normalized spacial score (nSPS) is 13.3. The van der Waals surface area contributed by atoms with Crippen LogP contribution in [-0.2, 0) is 12.8 Å². The van der Waals surface area contributed by atoms with Crippen molar-refractivity contribution in [3.05, 3.63) is 138 Å². The highest BCUT2D eigenvalue weighted by molar-refractivity contribution is 6.62. The van der Waals surface area contributed by atoms with Crippen LogP contribution in [0.5, 0.6) is 5.75 Å². The van der Waals surface area contributed by atoms with Crippen LogP contribution in [0.15, 0.2) is 116 Å². The molecule has 0 saturated carbocycles. The lowest BCUT2D eigenvalue weighted by atomic mass is 9.85. The molecular formula is C48H56OSi. The second-order valence-corrected chi connectivity index (χ2v) is 18.0. The fourth-order valence-electron chi connectivity index (χ4n) is 8.33. The van der Waals surface area contributed by atoms with Crippen molar-refractivity contribution in [2.75, 3.05) is 6.61 Å². The smallest absolute Gasteiger partial charge is 0.130 e. The summed E-state index contributed by atoms with van der Waals surface area (Å²) in [5, 5.41) is 0. The first-order chi connectivity index (χ1) is 24.6. The van der Waals surface area contributed by atoms with E-state index >= 15 is 0 Å². The number of rotatable bonds is 17. The third-order valence-corrected chi connectivity index (χ3v) is 14.6. The first kappa shape index (κ1) is 35.7. The highest BCUT2D eigenvalue weighted by Gasteiger charge is 2.38. The Kier molecular flexibility index (Phi) is 12.3. The van der Waals surface area contributed by atoms with E-state index in [0.717, 1.165) is 18.6 Å². The minimum absolute atomic E-state index is 0.428. The lowest BCUT2D eigenvalue weighted by Gasteiger charge is -2.28. The molecule has 2 heteroatoms. The molecule has 1 unspecified atom stereocenters. The molecule has 50 heavy (non-hydrogen) atoms. The lowest BCUT2D eigenvalue weighted by Crippen LogP contribution is -2.22. The molecule has 0 radical (unpaired) electrons. The van der Waals surface area contributed by atoms with Crippen LogP contribution in [0.25, 0.3) is 44.5 Å². The summed E-state index contributed by atoms with van der Waals surface area (Å²) in [4.78, 5) is 0. The lowest BCUT2D eigenvalue weighted by molar-refractivity contribution is 0.360. The predicted octanol–water partition coefficient (Wildman–Crippen LogP) is 13.6. The van der Waals surface area contributed by atoms with Gasteiger partial charge in [-0.15, -0.1) is 0 Å². The maximum absolute atomic E-state index is 6.83. The molecule has 0 saturated heterocycles. The van der Waals surface area contributed by atoms with Gasteiger partial charge in [-0.3, -0.25) is 0 Å². The standard InChI is InChI=1S/C48H56OSi/c1-6-11-15-21-35-32-39(26-16-12-7-2)47(49-31-8-3)44(33-35)45-40(37-24-19-14-20-25-37)29-30-42-41-28-27-38(36-22-17-13-18-23-36)34-43(41)48(46(42)45)50(9-4)10-5/h8,13-14,17-20,22-25,27-30,32-34,48,50H,3,6-7,9-12,15-16,21,26,31H2,1-2,4-5H3. The van der Waals surface area contributed by atoms with E-state index in [1.165, 1.54) is 112 Å². The Morgan fingerprint density at radius 2 is 1.26 bits per heavy atom. The second kappa shape index (κ2) is 17.2. The zero-order valence-electron chi connectivity index (χ0n) is 30.9. The van der Waals surface area contributed by atoms with E-state index in [1.54, 1.807) is 5.56 Å². The molecule has 0 fully saturated rings. The Morgan fingerprint density at radius 1 is 0.620 bits per heavy atom. The van der Waals surface area contributed by atoms with Crippen molar-refractivity contribution >= 4 is 8.80 Å². The number of aryl methyl sites for hydroxylation is 2. The van der Waals surface area contributed by atoms with E-state index in [1.807, 2.05) is 6.08 Å². The van der Waals surface area contributed by atoms with Crippen molar-refractivity contribution in [3.63, 3.8) is 0 Å². The van der Waals surface area contributed by atoms with Gasteiger partial charge in [-0.05, 0) is 92.9 Å². The van der Waals surface area contributed by atoms with Crippen LogP contribution < -0.4 is 4.74 Å². The highest BCUT2D eigenvalue weighted by Crippen LogP contribution is 2.55. The minimum Gasteiger partial charge on any atom is -0.489 e. The first-order valence-corrected chi connectivity index (χ1v) is 21.7. The molecule has 1 nitrogen and oxygen atoms in total. The summed E-state index contributed by atoms with van der Waals surface area (Å²) in [7, 11) is -1.26. The number of fused-ring (bicyclic) bond motifs is 3. The van der Waals surface area contributed by atoms with Crippen LogP contribution in [0.1, 0.15) is 94.0 Å². The third kappa shape index (κ3) is 7.47. The molecule has 0 aromatic heterocycles. The van der Waals surface area contributed by atoms with Gasteiger partial charge in [0.2, 0.25) is 0 Å². The molecule has 5 aromatic rings. The second-order valence-electron chi connectivity index (χ2n) is 14.2. The minimum atomic E-state index is -1.26. The molecule has 0 amide bonds. The zero-order valence-corrected chi connectivity index (χ0v) is 32.1. The summed E-state index contributed by atoms with van der Waals surface area (Å²) in [6.07, 6.45) is 11.4. The fourth-order valence-corrected chi connectivity index (χ4v) is 11.5. The SMILES string of the molecule is C=CCOc1c(CCCCC)cc(CCCCC)cc1-c1c(-c2ccccc2)ccc2c1C([SiH](CC)CC)c1cc(-c3ccccc3)ccc1-2. The summed E-state index contributed by atoms with van der Waals surface area (Å²) in [6, 6.07) is 41.7. The number of hydrogen-bond acceptors (Lipinski definition) is 1. The maximum atomic E-state index is 6.83. The molecule has 0 spiro atoms. The van der Waals surface area contributed by atoms with E-state index in [4.69, 9.17) is 4.74 Å².